The molecule has 0 radical (unpaired) electrons. The van der Waals surface area contributed by atoms with E-state index >= 15 is 0 Å². The molecule has 2 N–H and O–H groups in total. The van der Waals surface area contributed by atoms with Gasteiger partial charge in [-0.1, -0.05) is 18.2 Å². The van der Waals surface area contributed by atoms with Crippen molar-refractivity contribution in [1.82, 2.24) is 14.8 Å². The number of β-amino-alcohol motifs (C(OH)–C–C–N with tert-alkyl or cyclic N) is 1. The number of benzene rings is 1. The third kappa shape index (κ3) is 3.25. The number of nitrogens with one attached hydrogen (secondary N) is 1. The van der Waals surface area contributed by atoms with Crippen molar-refractivity contribution in [3.05, 3.63) is 36.5 Å². The number of hydrogen-bond donors (Lipinski definition) is 2. The van der Waals surface area contributed by atoms with Crippen LogP contribution in [0.4, 0.5) is 4.79 Å². The van der Waals surface area contributed by atoms with Crippen molar-refractivity contribution in [2.75, 3.05) is 19.6 Å². The van der Waals surface area contributed by atoms with Crippen LogP contribution in [0.15, 0.2) is 36.5 Å². The molecule has 22 heavy (non-hydrogen) atoms. The van der Waals surface area contributed by atoms with Gasteiger partial charge in [0, 0.05) is 31.3 Å². The maximum atomic E-state index is 12.0. The van der Waals surface area contributed by atoms with Crippen LogP contribution in [-0.2, 0) is 6.54 Å². The Morgan fingerprint density at radius 2 is 2.18 bits per heavy atom. The van der Waals surface area contributed by atoms with E-state index in [0.717, 1.165) is 13.0 Å². The molecule has 1 atom stereocenters. The first-order valence-electron chi connectivity index (χ1n) is 7.84. The Bertz CT molecular complexity index is 663. The highest BCUT2D eigenvalue weighted by atomic mass is 16.3. The molecule has 2 amide bonds. The van der Waals surface area contributed by atoms with Gasteiger partial charge in [0.25, 0.3) is 0 Å². The number of rotatable bonds is 4. The molecule has 1 aromatic heterocycles. The number of likely N-dealkylation sites (tertiary alicyclic amines) is 1. The van der Waals surface area contributed by atoms with Crippen molar-refractivity contribution in [2.45, 2.75) is 31.9 Å². The van der Waals surface area contributed by atoms with Crippen LogP contribution in [0.5, 0.6) is 0 Å². The molecule has 1 saturated heterocycles. The zero-order valence-electron chi connectivity index (χ0n) is 13.0. The molecule has 0 spiro atoms. The minimum atomic E-state index is -0.735. The summed E-state index contributed by atoms with van der Waals surface area (Å²) in [7, 11) is 0. The summed E-state index contributed by atoms with van der Waals surface area (Å²) in [6.07, 6.45) is 3.62. The standard InChI is InChI=1S/C17H23N3O2/c1-17(22)8-12-20(13-17)16(21)18-9-4-10-19-11-7-14-5-2-3-6-15(14)19/h2-3,5-7,11,22H,4,8-10,12-13H2,1H3,(H,18,21). The van der Waals surface area contributed by atoms with Crippen LogP contribution >= 0.6 is 0 Å². The van der Waals surface area contributed by atoms with E-state index in [1.54, 1.807) is 11.8 Å². The molecule has 5 heteroatoms. The van der Waals surface area contributed by atoms with E-state index in [1.165, 1.54) is 10.9 Å². The second-order valence-corrected chi connectivity index (χ2v) is 6.32. The molecule has 1 aliphatic rings. The van der Waals surface area contributed by atoms with Gasteiger partial charge in [0.1, 0.15) is 0 Å². The van der Waals surface area contributed by atoms with E-state index in [2.05, 4.69) is 34.3 Å². The average molecular weight is 301 g/mol. The van der Waals surface area contributed by atoms with Gasteiger partial charge in [-0.15, -0.1) is 0 Å². The molecule has 1 aromatic carbocycles. The van der Waals surface area contributed by atoms with E-state index in [1.807, 2.05) is 12.1 Å². The SMILES string of the molecule is CC1(O)CCN(C(=O)NCCCn2ccc3ccccc32)C1. The van der Waals surface area contributed by atoms with Gasteiger partial charge in [-0.05, 0) is 37.3 Å². The fourth-order valence-electron chi connectivity index (χ4n) is 3.01. The van der Waals surface area contributed by atoms with Gasteiger partial charge in [-0.25, -0.2) is 4.79 Å². The molecule has 5 nitrogen and oxygen atoms in total. The summed E-state index contributed by atoms with van der Waals surface area (Å²) in [5, 5.41) is 14.1. The summed E-state index contributed by atoms with van der Waals surface area (Å²) in [6.45, 7) is 4.34. The summed E-state index contributed by atoms with van der Waals surface area (Å²) in [4.78, 5) is 13.7. The maximum absolute atomic E-state index is 12.0. The Hall–Kier alpha value is -2.01. The lowest BCUT2D eigenvalue weighted by Gasteiger charge is -2.19. The number of urea groups is 1. The van der Waals surface area contributed by atoms with Gasteiger partial charge < -0.3 is 19.9 Å². The number of aromatic nitrogens is 1. The van der Waals surface area contributed by atoms with Gasteiger partial charge in [0.15, 0.2) is 0 Å². The topological polar surface area (TPSA) is 57.5 Å². The summed E-state index contributed by atoms with van der Waals surface area (Å²) in [6, 6.07) is 10.3. The molecule has 2 heterocycles. The zero-order valence-corrected chi connectivity index (χ0v) is 13.0. The lowest BCUT2D eigenvalue weighted by molar-refractivity contribution is 0.0719. The molecule has 1 unspecified atom stereocenters. The maximum Gasteiger partial charge on any atom is 0.317 e. The second-order valence-electron chi connectivity index (χ2n) is 6.32. The number of fused-ring (bicyclic) bond motifs is 1. The molecule has 3 rings (SSSR count). The summed E-state index contributed by atoms with van der Waals surface area (Å²) < 4.78 is 2.21. The number of hydrogen-bond acceptors (Lipinski definition) is 2. The third-order valence-corrected chi connectivity index (χ3v) is 4.27. The second kappa shape index (κ2) is 6.01. The first kappa shape index (κ1) is 14.9. The number of amides is 2. The van der Waals surface area contributed by atoms with Crippen LogP contribution in [-0.4, -0.2) is 45.8 Å². The van der Waals surface area contributed by atoms with Crippen LogP contribution in [0.2, 0.25) is 0 Å². The van der Waals surface area contributed by atoms with Gasteiger partial charge in [-0.3, -0.25) is 0 Å². The minimum absolute atomic E-state index is 0.0739. The Balaban J connectivity index is 1.45. The largest absolute Gasteiger partial charge is 0.388 e. The summed E-state index contributed by atoms with van der Waals surface area (Å²) in [5.74, 6) is 0. The monoisotopic (exact) mass is 301 g/mol. The molecule has 118 valence electrons. The van der Waals surface area contributed by atoms with E-state index < -0.39 is 5.60 Å². The zero-order chi connectivity index (χ0) is 15.6. The van der Waals surface area contributed by atoms with Gasteiger partial charge in [-0.2, -0.15) is 0 Å². The molecule has 0 bridgehead atoms. The van der Waals surface area contributed by atoms with Crippen molar-refractivity contribution in [1.29, 1.82) is 0 Å². The van der Waals surface area contributed by atoms with E-state index in [4.69, 9.17) is 0 Å². The minimum Gasteiger partial charge on any atom is -0.388 e. The van der Waals surface area contributed by atoms with Gasteiger partial charge in [0.05, 0.1) is 12.1 Å². The molecular weight excluding hydrogens is 278 g/mol. The highest BCUT2D eigenvalue weighted by Gasteiger charge is 2.33. The predicted molar refractivity (Wildman–Crippen MR) is 86.8 cm³/mol. The van der Waals surface area contributed by atoms with Gasteiger partial charge >= 0.3 is 6.03 Å². The molecule has 0 aliphatic carbocycles. The van der Waals surface area contributed by atoms with Crippen LogP contribution in [0, 0.1) is 0 Å². The first-order chi connectivity index (χ1) is 10.6. The Morgan fingerprint density at radius 3 is 2.95 bits per heavy atom. The van der Waals surface area contributed by atoms with Crippen molar-refractivity contribution >= 4 is 16.9 Å². The van der Waals surface area contributed by atoms with Gasteiger partial charge in [0.2, 0.25) is 0 Å². The van der Waals surface area contributed by atoms with Crippen LogP contribution in [0.3, 0.4) is 0 Å². The van der Waals surface area contributed by atoms with Crippen molar-refractivity contribution in [3.8, 4) is 0 Å². The van der Waals surface area contributed by atoms with E-state index in [-0.39, 0.29) is 6.03 Å². The summed E-state index contributed by atoms with van der Waals surface area (Å²) in [5.41, 5.74) is 0.492. The normalized spacial score (nSPS) is 21.5. The lowest BCUT2D eigenvalue weighted by Crippen LogP contribution is -2.41. The number of carbonyl (C=O) groups is 1. The highest BCUT2D eigenvalue weighted by Crippen LogP contribution is 2.20. The predicted octanol–water partition coefficient (Wildman–Crippen LogP) is 2.20. The number of nitrogens with zero attached hydrogens (tertiary/aromatic N) is 2. The molecular formula is C17H23N3O2. The van der Waals surface area contributed by atoms with Crippen molar-refractivity contribution in [3.63, 3.8) is 0 Å². The van der Waals surface area contributed by atoms with E-state index in [0.29, 0.717) is 26.1 Å². The van der Waals surface area contributed by atoms with Crippen molar-refractivity contribution < 1.29 is 9.90 Å². The Kier molecular flexibility index (Phi) is 4.07. The third-order valence-electron chi connectivity index (χ3n) is 4.27. The Labute approximate surface area is 130 Å². The van der Waals surface area contributed by atoms with Crippen LogP contribution < -0.4 is 5.32 Å². The molecule has 2 aromatic rings. The number of aryl methyl sites for hydroxylation is 1. The smallest absolute Gasteiger partial charge is 0.317 e. The molecule has 1 aliphatic heterocycles. The Morgan fingerprint density at radius 1 is 1.36 bits per heavy atom. The number of carbonyl (C=O) groups excluding carboxylic acids is 1. The fourth-order valence-corrected chi connectivity index (χ4v) is 3.01. The fraction of sp³-hybridized carbons (Fsp3) is 0.471. The first-order valence-corrected chi connectivity index (χ1v) is 7.84. The lowest BCUT2D eigenvalue weighted by atomic mass is 10.1. The van der Waals surface area contributed by atoms with Crippen LogP contribution in [0.25, 0.3) is 10.9 Å². The van der Waals surface area contributed by atoms with E-state index in [9.17, 15) is 9.90 Å². The quantitative estimate of drug-likeness (QED) is 0.851. The number of aliphatic hydroxyl groups is 1. The highest BCUT2D eigenvalue weighted by molar-refractivity contribution is 5.79. The summed E-state index contributed by atoms with van der Waals surface area (Å²) >= 11 is 0. The molecule has 1 fully saturated rings. The average Bonchev–Trinajstić information content (AvgIpc) is 3.07. The molecule has 0 saturated carbocycles. The number of para-hydroxylation sites is 1. The van der Waals surface area contributed by atoms with Crippen molar-refractivity contribution in [2.24, 2.45) is 0 Å². The van der Waals surface area contributed by atoms with Crippen LogP contribution in [0.1, 0.15) is 19.8 Å².